The average Bonchev–Trinajstić information content (AvgIpc) is 2.91. The van der Waals surface area contributed by atoms with Gasteiger partial charge < -0.3 is 14.2 Å². The number of hydrogen-bond donors (Lipinski definition) is 0. The molecule has 35 heavy (non-hydrogen) atoms. The number of benzene rings is 2. The van der Waals surface area contributed by atoms with E-state index in [1.165, 1.54) is 75.3 Å². The van der Waals surface area contributed by atoms with Gasteiger partial charge in [-0.05, 0) is 42.0 Å². The number of hydrogen-bond acceptors (Lipinski definition) is 3. The highest BCUT2D eigenvalue weighted by atomic mass is 16.7. The lowest BCUT2D eigenvalue weighted by atomic mass is 10.0. The fraction of sp³-hybridized carbons (Fsp3) is 0.625. The van der Waals surface area contributed by atoms with Crippen LogP contribution in [0.15, 0.2) is 48.5 Å². The Balaban J connectivity index is 1.36. The molecule has 1 atom stereocenters. The van der Waals surface area contributed by atoms with E-state index in [0.717, 1.165) is 43.5 Å². The zero-order chi connectivity index (χ0) is 24.7. The molecule has 2 aromatic rings. The lowest BCUT2D eigenvalue weighted by Crippen LogP contribution is -2.27. The topological polar surface area (TPSA) is 27.7 Å². The van der Waals surface area contributed by atoms with Crippen molar-refractivity contribution >= 4 is 0 Å². The molecule has 1 saturated heterocycles. The normalized spacial score (nSPS) is 18.9. The van der Waals surface area contributed by atoms with Crippen molar-refractivity contribution in [2.24, 2.45) is 11.8 Å². The SMILES string of the molecule is CCCCCCC[C@H]1CO[C@H](c2ccc(-c3ccc(OCCCCC[C@@H](C)CC)cc3)cc2)OC1. The quantitative estimate of drug-likeness (QED) is 0.224. The summed E-state index contributed by atoms with van der Waals surface area (Å²) in [6.45, 7) is 9.29. The first-order chi connectivity index (χ1) is 17.2. The van der Waals surface area contributed by atoms with Gasteiger partial charge in [-0.1, -0.05) is 115 Å². The Hall–Kier alpha value is -1.84. The van der Waals surface area contributed by atoms with Crippen molar-refractivity contribution < 1.29 is 14.2 Å². The Bertz CT molecular complexity index is 791. The molecule has 3 nitrogen and oxygen atoms in total. The van der Waals surface area contributed by atoms with Gasteiger partial charge in [-0.25, -0.2) is 0 Å². The van der Waals surface area contributed by atoms with E-state index >= 15 is 0 Å². The minimum absolute atomic E-state index is 0.235. The maximum atomic E-state index is 6.06. The summed E-state index contributed by atoms with van der Waals surface area (Å²) in [5.41, 5.74) is 3.50. The Morgan fingerprint density at radius 2 is 1.40 bits per heavy atom. The summed E-state index contributed by atoms with van der Waals surface area (Å²) in [7, 11) is 0. The highest BCUT2D eigenvalue weighted by molar-refractivity contribution is 5.64. The van der Waals surface area contributed by atoms with Crippen molar-refractivity contribution in [3.05, 3.63) is 54.1 Å². The van der Waals surface area contributed by atoms with Crippen LogP contribution in [0.25, 0.3) is 11.1 Å². The van der Waals surface area contributed by atoms with Crippen LogP contribution in [0.3, 0.4) is 0 Å². The van der Waals surface area contributed by atoms with Crippen molar-refractivity contribution in [3.63, 3.8) is 0 Å². The van der Waals surface area contributed by atoms with E-state index in [9.17, 15) is 0 Å². The predicted molar refractivity (Wildman–Crippen MR) is 147 cm³/mol. The summed E-state index contributed by atoms with van der Waals surface area (Å²) >= 11 is 0. The molecule has 1 heterocycles. The number of unbranched alkanes of at least 4 members (excludes halogenated alkanes) is 6. The second-order valence-electron chi connectivity index (χ2n) is 10.4. The number of ether oxygens (including phenoxy) is 3. The molecular weight excluding hydrogens is 432 g/mol. The van der Waals surface area contributed by atoms with Gasteiger partial charge in [-0.15, -0.1) is 0 Å². The van der Waals surface area contributed by atoms with E-state index in [1.807, 2.05) is 0 Å². The molecule has 3 heteroatoms. The minimum atomic E-state index is -0.235. The first-order valence-electron chi connectivity index (χ1n) is 14.3. The Morgan fingerprint density at radius 1 is 0.771 bits per heavy atom. The van der Waals surface area contributed by atoms with Gasteiger partial charge in [0.05, 0.1) is 19.8 Å². The van der Waals surface area contributed by atoms with E-state index in [2.05, 4.69) is 69.3 Å². The predicted octanol–water partition coefficient (Wildman–Crippen LogP) is 9.36. The van der Waals surface area contributed by atoms with Gasteiger partial charge in [0.2, 0.25) is 0 Å². The molecule has 0 saturated carbocycles. The van der Waals surface area contributed by atoms with Crippen LogP contribution in [-0.4, -0.2) is 19.8 Å². The van der Waals surface area contributed by atoms with Gasteiger partial charge in [-0.3, -0.25) is 0 Å². The fourth-order valence-corrected chi connectivity index (χ4v) is 4.68. The van der Waals surface area contributed by atoms with E-state index < -0.39 is 0 Å². The smallest absolute Gasteiger partial charge is 0.183 e. The van der Waals surface area contributed by atoms with Crippen LogP contribution in [0.4, 0.5) is 0 Å². The second-order valence-corrected chi connectivity index (χ2v) is 10.4. The van der Waals surface area contributed by atoms with Crippen LogP contribution < -0.4 is 4.74 Å². The van der Waals surface area contributed by atoms with E-state index in [1.54, 1.807) is 0 Å². The Morgan fingerprint density at radius 3 is 2.06 bits per heavy atom. The summed E-state index contributed by atoms with van der Waals surface area (Å²) in [6.07, 6.45) is 13.9. The van der Waals surface area contributed by atoms with Gasteiger partial charge in [0.15, 0.2) is 6.29 Å². The van der Waals surface area contributed by atoms with Gasteiger partial charge in [-0.2, -0.15) is 0 Å². The molecule has 3 rings (SSSR count). The first kappa shape index (κ1) is 27.7. The fourth-order valence-electron chi connectivity index (χ4n) is 4.68. The minimum Gasteiger partial charge on any atom is -0.494 e. The third-order valence-corrected chi connectivity index (χ3v) is 7.36. The zero-order valence-corrected chi connectivity index (χ0v) is 22.5. The number of rotatable bonds is 16. The maximum absolute atomic E-state index is 6.06. The molecule has 0 amide bonds. The molecule has 0 bridgehead atoms. The third-order valence-electron chi connectivity index (χ3n) is 7.36. The molecule has 0 radical (unpaired) electrons. The van der Waals surface area contributed by atoms with Crippen molar-refractivity contribution in [2.75, 3.05) is 19.8 Å². The summed E-state index contributed by atoms with van der Waals surface area (Å²) < 4.78 is 18.1. The van der Waals surface area contributed by atoms with E-state index in [4.69, 9.17) is 14.2 Å². The van der Waals surface area contributed by atoms with Gasteiger partial charge >= 0.3 is 0 Å². The van der Waals surface area contributed by atoms with Crippen LogP contribution in [0.2, 0.25) is 0 Å². The van der Waals surface area contributed by atoms with Crippen molar-refractivity contribution in [2.45, 2.75) is 97.7 Å². The summed E-state index contributed by atoms with van der Waals surface area (Å²) in [6, 6.07) is 17.0. The molecule has 1 aliphatic rings. The molecule has 1 aliphatic heterocycles. The largest absolute Gasteiger partial charge is 0.494 e. The summed E-state index contributed by atoms with van der Waals surface area (Å²) in [5.74, 6) is 2.34. The lowest BCUT2D eigenvalue weighted by molar-refractivity contribution is -0.206. The van der Waals surface area contributed by atoms with Crippen LogP contribution in [-0.2, 0) is 9.47 Å². The Kier molecular flexibility index (Phi) is 12.7. The molecule has 0 aromatic heterocycles. The standard InChI is InChI=1S/C32H48O3/c1-4-6-7-8-11-14-27-24-34-32(35-25-27)30-17-15-28(16-18-30)29-19-21-31(22-20-29)33-23-12-9-10-13-26(3)5-2/h15-22,26-27,32H,4-14,23-25H2,1-3H3/t26-,27-,32-/m0/s1. The molecule has 194 valence electrons. The van der Waals surface area contributed by atoms with Crippen LogP contribution in [0.5, 0.6) is 5.75 Å². The zero-order valence-electron chi connectivity index (χ0n) is 22.5. The average molecular weight is 481 g/mol. The van der Waals surface area contributed by atoms with E-state index in [0.29, 0.717) is 5.92 Å². The summed E-state index contributed by atoms with van der Waals surface area (Å²) in [4.78, 5) is 0. The van der Waals surface area contributed by atoms with Crippen molar-refractivity contribution in [1.29, 1.82) is 0 Å². The first-order valence-corrected chi connectivity index (χ1v) is 14.3. The third kappa shape index (κ3) is 9.97. The highest BCUT2D eigenvalue weighted by Gasteiger charge is 2.23. The van der Waals surface area contributed by atoms with E-state index in [-0.39, 0.29) is 6.29 Å². The van der Waals surface area contributed by atoms with Crippen LogP contribution >= 0.6 is 0 Å². The monoisotopic (exact) mass is 480 g/mol. The van der Waals surface area contributed by atoms with Crippen molar-refractivity contribution in [1.82, 2.24) is 0 Å². The Labute approximate surface area is 214 Å². The highest BCUT2D eigenvalue weighted by Crippen LogP contribution is 2.30. The molecule has 0 N–H and O–H groups in total. The second kappa shape index (κ2) is 16.0. The van der Waals surface area contributed by atoms with Gasteiger partial charge in [0.25, 0.3) is 0 Å². The molecule has 0 aliphatic carbocycles. The molecule has 1 fully saturated rings. The molecule has 0 spiro atoms. The van der Waals surface area contributed by atoms with Gasteiger partial charge in [0.1, 0.15) is 5.75 Å². The summed E-state index contributed by atoms with van der Waals surface area (Å²) in [5, 5.41) is 0. The molecular formula is C32H48O3. The van der Waals surface area contributed by atoms with Crippen molar-refractivity contribution in [3.8, 4) is 16.9 Å². The molecule has 2 aromatic carbocycles. The van der Waals surface area contributed by atoms with Crippen LogP contribution in [0, 0.1) is 11.8 Å². The van der Waals surface area contributed by atoms with Crippen LogP contribution in [0.1, 0.15) is 103 Å². The maximum Gasteiger partial charge on any atom is 0.183 e. The molecule has 0 unspecified atom stereocenters. The van der Waals surface area contributed by atoms with Gasteiger partial charge in [0, 0.05) is 11.5 Å². The lowest BCUT2D eigenvalue weighted by Gasteiger charge is -2.29.